The van der Waals surface area contributed by atoms with E-state index < -0.39 is 0 Å². The molecule has 3 N–H and O–H groups in total. The predicted molar refractivity (Wildman–Crippen MR) is 78.1 cm³/mol. The SMILES string of the molecule is CC(C)C(C)(CN)NCCc1cccc(Br)c1. The molecule has 1 aromatic carbocycles. The molecule has 2 nitrogen and oxygen atoms in total. The third kappa shape index (κ3) is 4.41. The van der Waals surface area contributed by atoms with Crippen molar-refractivity contribution < 1.29 is 0 Å². The highest BCUT2D eigenvalue weighted by atomic mass is 79.9. The molecule has 0 bridgehead atoms. The average molecular weight is 299 g/mol. The summed E-state index contributed by atoms with van der Waals surface area (Å²) in [7, 11) is 0. The van der Waals surface area contributed by atoms with E-state index in [2.05, 4.69) is 66.3 Å². The Morgan fingerprint density at radius 2 is 2.12 bits per heavy atom. The molecule has 1 aromatic rings. The van der Waals surface area contributed by atoms with Crippen LogP contribution in [0.25, 0.3) is 0 Å². The quantitative estimate of drug-likeness (QED) is 0.847. The van der Waals surface area contributed by atoms with Crippen LogP contribution in [0.15, 0.2) is 28.7 Å². The Morgan fingerprint density at radius 3 is 2.65 bits per heavy atom. The van der Waals surface area contributed by atoms with Crippen molar-refractivity contribution >= 4 is 15.9 Å². The highest BCUT2D eigenvalue weighted by Gasteiger charge is 2.25. The van der Waals surface area contributed by atoms with E-state index in [4.69, 9.17) is 5.73 Å². The molecule has 0 saturated heterocycles. The van der Waals surface area contributed by atoms with Crippen LogP contribution in [0.2, 0.25) is 0 Å². The minimum atomic E-state index is 0.0337. The van der Waals surface area contributed by atoms with Crippen molar-refractivity contribution in [1.82, 2.24) is 5.32 Å². The molecular formula is C14H23BrN2. The summed E-state index contributed by atoms with van der Waals surface area (Å²) in [4.78, 5) is 0. The zero-order valence-electron chi connectivity index (χ0n) is 11.0. The number of rotatable bonds is 6. The fraction of sp³-hybridized carbons (Fsp3) is 0.571. The maximum Gasteiger partial charge on any atom is 0.0298 e. The van der Waals surface area contributed by atoms with Crippen LogP contribution in [-0.2, 0) is 6.42 Å². The lowest BCUT2D eigenvalue weighted by Gasteiger charge is -2.33. The molecule has 0 heterocycles. The highest BCUT2D eigenvalue weighted by molar-refractivity contribution is 9.10. The van der Waals surface area contributed by atoms with Crippen LogP contribution in [0.5, 0.6) is 0 Å². The standard InChI is InChI=1S/C14H23BrN2/c1-11(2)14(3,10-16)17-8-7-12-5-4-6-13(15)9-12/h4-6,9,11,17H,7-8,10,16H2,1-3H3. The maximum absolute atomic E-state index is 5.84. The molecule has 1 atom stereocenters. The van der Waals surface area contributed by atoms with Gasteiger partial charge in [0.25, 0.3) is 0 Å². The minimum absolute atomic E-state index is 0.0337. The van der Waals surface area contributed by atoms with Gasteiger partial charge in [-0.05, 0) is 43.5 Å². The minimum Gasteiger partial charge on any atom is -0.329 e. The van der Waals surface area contributed by atoms with Crippen molar-refractivity contribution in [1.29, 1.82) is 0 Å². The first kappa shape index (κ1) is 14.7. The Hall–Kier alpha value is -0.380. The Labute approximate surface area is 113 Å². The molecular weight excluding hydrogens is 276 g/mol. The summed E-state index contributed by atoms with van der Waals surface area (Å²) in [5, 5.41) is 3.57. The molecule has 0 radical (unpaired) electrons. The molecule has 0 fully saturated rings. The number of hydrogen-bond donors (Lipinski definition) is 2. The van der Waals surface area contributed by atoms with Crippen molar-refractivity contribution in [2.24, 2.45) is 11.7 Å². The van der Waals surface area contributed by atoms with Gasteiger partial charge in [0.2, 0.25) is 0 Å². The summed E-state index contributed by atoms with van der Waals surface area (Å²) in [5.41, 5.74) is 7.22. The fourth-order valence-corrected chi connectivity index (χ4v) is 2.14. The zero-order valence-corrected chi connectivity index (χ0v) is 12.5. The van der Waals surface area contributed by atoms with Crippen LogP contribution in [0.4, 0.5) is 0 Å². The molecule has 96 valence electrons. The first-order valence-corrected chi connectivity index (χ1v) is 6.97. The summed E-state index contributed by atoms with van der Waals surface area (Å²) in [6, 6.07) is 8.44. The molecule has 1 rings (SSSR count). The van der Waals surface area contributed by atoms with Gasteiger partial charge >= 0.3 is 0 Å². The van der Waals surface area contributed by atoms with Gasteiger partial charge in [-0.25, -0.2) is 0 Å². The second-order valence-electron chi connectivity index (χ2n) is 5.08. The monoisotopic (exact) mass is 298 g/mol. The smallest absolute Gasteiger partial charge is 0.0298 e. The first-order valence-electron chi connectivity index (χ1n) is 6.17. The number of halogens is 1. The molecule has 17 heavy (non-hydrogen) atoms. The van der Waals surface area contributed by atoms with Gasteiger partial charge in [0.1, 0.15) is 0 Å². The lowest BCUT2D eigenvalue weighted by Crippen LogP contribution is -2.53. The van der Waals surface area contributed by atoms with E-state index in [1.54, 1.807) is 0 Å². The van der Waals surface area contributed by atoms with Gasteiger partial charge in [-0.15, -0.1) is 0 Å². The molecule has 0 aromatic heterocycles. The second-order valence-corrected chi connectivity index (χ2v) is 6.00. The summed E-state index contributed by atoms with van der Waals surface area (Å²) in [5.74, 6) is 0.537. The number of nitrogens with one attached hydrogen (secondary N) is 1. The molecule has 0 amide bonds. The van der Waals surface area contributed by atoms with E-state index in [1.165, 1.54) is 5.56 Å². The van der Waals surface area contributed by atoms with Crippen LogP contribution >= 0.6 is 15.9 Å². The van der Waals surface area contributed by atoms with Crippen molar-refractivity contribution in [3.05, 3.63) is 34.3 Å². The maximum atomic E-state index is 5.84. The second kappa shape index (κ2) is 6.53. The van der Waals surface area contributed by atoms with E-state index in [0.29, 0.717) is 12.5 Å². The Kier molecular flexibility index (Phi) is 5.63. The van der Waals surface area contributed by atoms with Gasteiger partial charge in [-0.1, -0.05) is 41.9 Å². The van der Waals surface area contributed by atoms with Crippen molar-refractivity contribution in [2.45, 2.75) is 32.7 Å². The fourth-order valence-electron chi connectivity index (χ4n) is 1.70. The molecule has 0 aliphatic rings. The van der Waals surface area contributed by atoms with Crippen LogP contribution < -0.4 is 11.1 Å². The summed E-state index contributed by atoms with van der Waals surface area (Å²) in [6.07, 6.45) is 1.03. The lowest BCUT2D eigenvalue weighted by atomic mass is 9.88. The summed E-state index contributed by atoms with van der Waals surface area (Å²) < 4.78 is 1.14. The van der Waals surface area contributed by atoms with Gasteiger partial charge in [-0.2, -0.15) is 0 Å². The van der Waals surface area contributed by atoms with Crippen molar-refractivity contribution in [3.8, 4) is 0 Å². The van der Waals surface area contributed by atoms with E-state index in [0.717, 1.165) is 17.4 Å². The van der Waals surface area contributed by atoms with E-state index in [-0.39, 0.29) is 5.54 Å². The van der Waals surface area contributed by atoms with Crippen molar-refractivity contribution in [3.63, 3.8) is 0 Å². The number of benzene rings is 1. The average Bonchev–Trinajstić information content (AvgIpc) is 2.28. The Balaban J connectivity index is 2.47. The summed E-state index contributed by atoms with van der Waals surface area (Å²) in [6.45, 7) is 8.24. The third-order valence-corrected chi connectivity index (χ3v) is 4.02. The van der Waals surface area contributed by atoms with Crippen LogP contribution in [0, 0.1) is 5.92 Å². The molecule has 0 saturated carbocycles. The molecule has 0 spiro atoms. The van der Waals surface area contributed by atoms with E-state index >= 15 is 0 Å². The Bertz CT molecular complexity index is 352. The third-order valence-electron chi connectivity index (χ3n) is 3.53. The largest absolute Gasteiger partial charge is 0.329 e. The van der Waals surface area contributed by atoms with Gasteiger partial charge in [0.05, 0.1) is 0 Å². The summed E-state index contributed by atoms with van der Waals surface area (Å²) >= 11 is 3.49. The number of nitrogens with two attached hydrogens (primary N) is 1. The molecule has 1 unspecified atom stereocenters. The van der Waals surface area contributed by atoms with Gasteiger partial charge < -0.3 is 11.1 Å². The first-order chi connectivity index (χ1) is 7.98. The topological polar surface area (TPSA) is 38.0 Å². The molecule has 0 aliphatic carbocycles. The van der Waals surface area contributed by atoms with Crippen LogP contribution in [0.3, 0.4) is 0 Å². The van der Waals surface area contributed by atoms with Crippen molar-refractivity contribution in [2.75, 3.05) is 13.1 Å². The van der Waals surface area contributed by atoms with E-state index in [9.17, 15) is 0 Å². The van der Waals surface area contributed by atoms with Crippen LogP contribution in [-0.4, -0.2) is 18.6 Å². The predicted octanol–water partition coefficient (Wildman–Crippen LogP) is 2.95. The number of hydrogen-bond acceptors (Lipinski definition) is 2. The van der Waals surface area contributed by atoms with Gasteiger partial charge in [-0.3, -0.25) is 0 Å². The molecule has 0 aliphatic heterocycles. The normalized spacial score (nSPS) is 14.9. The molecule has 3 heteroatoms. The van der Waals surface area contributed by atoms with Gasteiger partial charge in [0.15, 0.2) is 0 Å². The van der Waals surface area contributed by atoms with Gasteiger partial charge in [0, 0.05) is 16.6 Å². The lowest BCUT2D eigenvalue weighted by molar-refractivity contribution is 0.271. The van der Waals surface area contributed by atoms with Crippen LogP contribution in [0.1, 0.15) is 26.3 Å². The van der Waals surface area contributed by atoms with E-state index in [1.807, 2.05) is 0 Å². The Morgan fingerprint density at radius 1 is 1.41 bits per heavy atom. The highest BCUT2D eigenvalue weighted by Crippen LogP contribution is 2.15. The zero-order chi connectivity index (χ0) is 12.9.